The molecule has 5 heterocycles. The summed E-state index contributed by atoms with van der Waals surface area (Å²) in [6, 6.07) is 18.0. The number of ether oxygens (including phenoxy) is 1. The smallest absolute Gasteiger partial charge is 0.323 e. The van der Waals surface area contributed by atoms with Gasteiger partial charge in [0.05, 0.1) is 17.6 Å². The predicted octanol–water partition coefficient (Wildman–Crippen LogP) is 7.44. The molecule has 1 spiro atoms. The molecule has 1 aliphatic carbocycles. The molecule has 4 fully saturated rings. The lowest BCUT2D eigenvalue weighted by atomic mass is 9.95. The number of nitrogens with zero attached hydrogens (tertiary/aromatic N) is 3. The Hall–Kier alpha value is -4.58. The fourth-order valence-electron chi connectivity index (χ4n) is 9.27. The third kappa shape index (κ3) is 8.44. The minimum atomic E-state index is -3.68. The monoisotopic (exact) mass is 825 g/mol. The molecule has 306 valence electrons. The van der Waals surface area contributed by atoms with Gasteiger partial charge in [0.15, 0.2) is 0 Å². The second kappa shape index (κ2) is 16.6. The fourth-order valence-corrected chi connectivity index (χ4v) is 12.3. The van der Waals surface area contributed by atoms with Gasteiger partial charge in [-0.1, -0.05) is 44.2 Å². The first-order valence-corrected chi connectivity index (χ1v) is 23.2. The number of fused-ring (bicyclic) bond motifs is 2. The van der Waals surface area contributed by atoms with Gasteiger partial charge in [-0.05, 0) is 117 Å². The van der Waals surface area contributed by atoms with E-state index >= 15 is 0 Å². The van der Waals surface area contributed by atoms with Crippen LogP contribution in [0.15, 0.2) is 79.1 Å². The van der Waals surface area contributed by atoms with E-state index in [1.54, 1.807) is 43.5 Å². The molecule has 2 N–H and O–H groups in total. The number of carbonyl (C=O) groups excluding carboxylic acids is 4. The number of thiophene rings is 1. The van der Waals surface area contributed by atoms with Gasteiger partial charge in [0, 0.05) is 41.1 Å². The topological polar surface area (TPSA) is 147 Å². The van der Waals surface area contributed by atoms with Crippen molar-refractivity contribution in [1.29, 1.82) is 0 Å². The lowest BCUT2D eigenvalue weighted by molar-refractivity contribution is -0.147. The molecule has 8 rings (SSSR count). The van der Waals surface area contributed by atoms with Gasteiger partial charge >= 0.3 is 13.5 Å². The number of rotatable bonds is 13. The number of aromatic nitrogens is 1. The molecule has 12 nitrogen and oxygen atoms in total. The van der Waals surface area contributed by atoms with E-state index in [9.17, 15) is 23.7 Å². The number of benzene rings is 2. The van der Waals surface area contributed by atoms with Crippen LogP contribution in [0.25, 0.3) is 10.1 Å². The maximum absolute atomic E-state index is 14.4. The maximum atomic E-state index is 14.4. The van der Waals surface area contributed by atoms with Gasteiger partial charge in [-0.25, -0.2) is 5.09 Å². The maximum Gasteiger partial charge on any atom is 0.323 e. The van der Waals surface area contributed by atoms with E-state index in [1.807, 2.05) is 48.4 Å². The molecule has 58 heavy (non-hydrogen) atoms. The summed E-state index contributed by atoms with van der Waals surface area (Å²) in [5, 5.41) is 6.78. The minimum absolute atomic E-state index is 0.0192. The van der Waals surface area contributed by atoms with E-state index in [4.69, 9.17) is 9.26 Å². The van der Waals surface area contributed by atoms with Crippen LogP contribution in [0.5, 0.6) is 5.75 Å². The number of hydrogen-bond acceptors (Lipinski definition) is 9. The molecule has 1 saturated carbocycles. The Morgan fingerprint density at radius 3 is 2.60 bits per heavy atom. The zero-order valence-electron chi connectivity index (χ0n) is 33.3. The Bertz CT molecular complexity index is 2210. The van der Waals surface area contributed by atoms with E-state index in [-0.39, 0.29) is 53.9 Å². The summed E-state index contributed by atoms with van der Waals surface area (Å²) in [5.41, 5.74) is 1.72. The van der Waals surface area contributed by atoms with E-state index < -0.39 is 31.6 Å². The van der Waals surface area contributed by atoms with E-state index in [0.29, 0.717) is 42.0 Å². The van der Waals surface area contributed by atoms with Crippen molar-refractivity contribution in [3.05, 3.63) is 95.1 Å². The van der Waals surface area contributed by atoms with Crippen molar-refractivity contribution >= 4 is 52.6 Å². The lowest BCUT2D eigenvalue weighted by Crippen LogP contribution is -2.56. The van der Waals surface area contributed by atoms with Gasteiger partial charge < -0.3 is 24.4 Å². The highest BCUT2D eigenvalue weighted by Crippen LogP contribution is 2.55. The molecular weight excluding hydrogens is 774 g/mol. The molecule has 2 aromatic heterocycles. The van der Waals surface area contributed by atoms with Crippen LogP contribution < -0.4 is 14.9 Å². The number of likely N-dealkylation sites (tertiary alicyclic amines) is 1. The van der Waals surface area contributed by atoms with E-state index in [0.717, 1.165) is 47.8 Å². The normalized spacial score (nSPS) is 25.2. The van der Waals surface area contributed by atoms with Crippen molar-refractivity contribution in [3.8, 4) is 5.75 Å². The molecule has 7 atom stereocenters. The van der Waals surface area contributed by atoms with Crippen LogP contribution in [0, 0.1) is 5.92 Å². The van der Waals surface area contributed by atoms with Crippen LogP contribution in [0.2, 0.25) is 0 Å². The number of nitrogens with one attached hydrogen (secondary N) is 2. The molecule has 2 aromatic carbocycles. The summed E-state index contributed by atoms with van der Waals surface area (Å²) in [7, 11) is -3.68. The zero-order chi connectivity index (χ0) is 40.6. The van der Waals surface area contributed by atoms with Gasteiger partial charge in [0.25, 0.3) is 5.91 Å². The summed E-state index contributed by atoms with van der Waals surface area (Å²) in [6.07, 6.45) is 9.91. The highest BCUT2D eigenvalue weighted by Gasteiger charge is 2.58. The molecule has 4 aromatic rings. The molecule has 0 radical (unpaired) electrons. The molecule has 3 aliphatic heterocycles. The largest absolute Gasteiger partial charge is 0.465 e. The molecule has 4 aliphatic rings. The minimum Gasteiger partial charge on any atom is -0.465 e. The third-order valence-electron chi connectivity index (χ3n) is 12.2. The van der Waals surface area contributed by atoms with Crippen molar-refractivity contribution in [2.45, 2.75) is 114 Å². The summed E-state index contributed by atoms with van der Waals surface area (Å²) in [6.45, 7) is 6.52. The van der Waals surface area contributed by atoms with E-state index in [1.165, 1.54) is 11.3 Å². The average molecular weight is 826 g/mol. The van der Waals surface area contributed by atoms with Crippen LogP contribution in [0.4, 0.5) is 0 Å². The Balaban J connectivity index is 0.968. The zero-order valence-corrected chi connectivity index (χ0v) is 35.0. The van der Waals surface area contributed by atoms with Crippen LogP contribution in [0.1, 0.15) is 98.9 Å². The van der Waals surface area contributed by atoms with Gasteiger partial charge in [0.2, 0.25) is 11.8 Å². The van der Waals surface area contributed by atoms with Crippen molar-refractivity contribution in [2.24, 2.45) is 5.92 Å². The highest BCUT2D eigenvalue weighted by molar-refractivity contribution is 7.56. The second-order valence-electron chi connectivity index (χ2n) is 16.7. The standard InChI is InChI=1S/C44H52N5O7PS/c1-4-19-55-43(53)29(3)47-57(54,56-35-10-6-5-7-11-35)27-30-12-15-38-32(22-30)23-39(58-38)40(50)46-36-21-28(2)20-34-13-14-37(49(34)41(36)51)42(52)48-26-33(24-44(48)16-17-44)31-9-8-18-45-25-31/h5-12,15,18,22-23,25,28-29,33-34,36-37H,4,13-14,16-17,19-21,24,26-27H2,1-3H3,(H,46,50)(H,47,54)/t28-,29-,33-,34+,36?,37-,57?/m0/s1. The molecule has 3 amide bonds. The summed E-state index contributed by atoms with van der Waals surface area (Å²) in [5.74, 6) is -0.181. The number of esters is 1. The van der Waals surface area contributed by atoms with Crippen LogP contribution in [-0.4, -0.2) is 81.3 Å². The highest BCUT2D eigenvalue weighted by atomic mass is 32.1. The first kappa shape index (κ1) is 40.2. The molecular formula is C44H52N5O7PS. The number of amides is 3. The van der Waals surface area contributed by atoms with Gasteiger partial charge in [-0.15, -0.1) is 11.3 Å². The SMILES string of the molecule is CCCOC(=O)[C@H](C)NP(=O)(Cc1ccc2sc(C(=O)NC3C[C@@H](C)C[C@H]4CC[C@@H](C(=O)N5C[C@@H](c6cccnc6)CC56CC6)N4C3=O)cc2c1)Oc1ccccc1. The van der Waals surface area contributed by atoms with E-state index in [2.05, 4.69) is 33.3 Å². The van der Waals surface area contributed by atoms with Crippen LogP contribution in [-0.2, 0) is 29.8 Å². The summed E-state index contributed by atoms with van der Waals surface area (Å²) in [4.78, 5) is 64.1. The lowest BCUT2D eigenvalue weighted by Gasteiger charge is -2.34. The summed E-state index contributed by atoms with van der Waals surface area (Å²) >= 11 is 1.32. The average Bonchev–Trinajstić information content (AvgIpc) is 3.51. The van der Waals surface area contributed by atoms with Crippen LogP contribution in [0.3, 0.4) is 0 Å². The van der Waals surface area contributed by atoms with Crippen molar-refractivity contribution < 1.29 is 33.0 Å². The van der Waals surface area contributed by atoms with Crippen molar-refractivity contribution in [3.63, 3.8) is 0 Å². The Kier molecular flexibility index (Phi) is 11.5. The van der Waals surface area contributed by atoms with Gasteiger partial charge in [-0.2, -0.15) is 0 Å². The number of carbonyl (C=O) groups is 4. The predicted molar refractivity (Wildman–Crippen MR) is 223 cm³/mol. The Morgan fingerprint density at radius 1 is 1.05 bits per heavy atom. The third-order valence-corrected chi connectivity index (χ3v) is 15.4. The first-order chi connectivity index (χ1) is 27.9. The van der Waals surface area contributed by atoms with Gasteiger partial charge in [0.1, 0.15) is 23.9 Å². The van der Waals surface area contributed by atoms with Crippen molar-refractivity contribution in [2.75, 3.05) is 13.2 Å². The molecule has 0 bridgehead atoms. The number of pyridine rings is 1. The Labute approximate surface area is 343 Å². The summed E-state index contributed by atoms with van der Waals surface area (Å²) < 4.78 is 26.5. The molecule has 14 heteroatoms. The van der Waals surface area contributed by atoms with Crippen molar-refractivity contribution in [1.82, 2.24) is 25.2 Å². The molecule has 3 saturated heterocycles. The molecule has 2 unspecified atom stereocenters. The first-order valence-electron chi connectivity index (χ1n) is 20.6. The number of hydrogen-bond donors (Lipinski definition) is 2. The van der Waals surface area contributed by atoms with Gasteiger partial charge in [-0.3, -0.25) is 28.7 Å². The number of para-hydroxylation sites is 1. The Morgan fingerprint density at radius 2 is 1.86 bits per heavy atom. The second-order valence-corrected chi connectivity index (χ2v) is 19.9. The fraction of sp³-hybridized carbons (Fsp3) is 0.477. The van der Waals surface area contributed by atoms with Crippen LogP contribution >= 0.6 is 18.9 Å². The quantitative estimate of drug-likeness (QED) is 0.104.